The van der Waals surface area contributed by atoms with Gasteiger partial charge in [0.15, 0.2) is 0 Å². The molecule has 0 saturated carbocycles. The van der Waals surface area contributed by atoms with Crippen LogP contribution in [-0.2, 0) is 0 Å². The molecule has 0 radical (unpaired) electrons. The van der Waals surface area contributed by atoms with Gasteiger partial charge in [0.2, 0.25) is 0 Å². The lowest BCUT2D eigenvalue weighted by atomic mass is 10.2. The standard InChI is InChI=1S/C15H9ClFNO2S/c16-11-4-3-10(7-12(11)19)18-15(20)14-5-8-1-2-9(17)6-13(8)21-14/h1-7,19H,(H,18,20). The quantitative estimate of drug-likeness (QED) is 0.721. The molecule has 1 amide bonds. The van der Waals surface area contributed by atoms with Crippen LogP contribution in [0.5, 0.6) is 5.75 Å². The average molecular weight is 322 g/mol. The zero-order chi connectivity index (χ0) is 15.0. The number of nitrogens with one attached hydrogen (secondary N) is 1. The third kappa shape index (κ3) is 2.84. The van der Waals surface area contributed by atoms with Gasteiger partial charge < -0.3 is 10.4 Å². The number of halogens is 2. The maximum atomic E-state index is 13.1. The van der Waals surface area contributed by atoms with E-state index < -0.39 is 0 Å². The minimum atomic E-state index is -0.334. The second-order valence-corrected chi connectivity index (χ2v) is 5.90. The van der Waals surface area contributed by atoms with Crippen LogP contribution in [-0.4, -0.2) is 11.0 Å². The van der Waals surface area contributed by atoms with Gasteiger partial charge in [0, 0.05) is 16.5 Å². The van der Waals surface area contributed by atoms with Crippen LogP contribution >= 0.6 is 22.9 Å². The Morgan fingerprint density at radius 2 is 2.00 bits per heavy atom. The maximum Gasteiger partial charge on any atom is 0.265 e. The monoisotopic (exact) mass is 321 g/mol. The Morgan fingerprint density at radius 1 is 1.19 bits per heavy atom. The van der Waals surface area contributed by atoms with Gasteiger partial charge in [0.1, 0.15) is 11.6 Å². The van der Waals surface area contributed by atoms with Gasteiger partial charge in [-0.3, -0.25) is 4.79 Å². The van der Waals surface area contributed by atoms with E-state index in [4.69, 9.17) is 11.6 Å². The molecule has 0 unspecified atom stereocenters. The molecule has 0 aliphatic rings. The topological polar surface area (TPSA) is 49.3 Å². The number of rotatable bonds is 2. The lowest BCUT2D eigenvalue weighted by Gasteiger charge is -2.04. The summed E-state index contributed by atoms with van der Waals surface area (Å²) in [6.07, 6.45) is 0. The van der Waals surface area contributed by atoms with E-state index in [1.807, 2.05) is 0 Å². The summed E-state index contributed by atoms with van der Waals surface area (Å²) in [7, 11) is 0. The van der Waals surface area contributed by atoms with Crippen LogP contribution in [0.1, 0.15) is 9.67 Å². The Morgan fingerprint density at radius 3 is 2.76 bits per heavy atom. The molecular formula is C15H9ClFNO2S. The van der Waals surface area contributed by atoms with Gasteiger partial charge in [0.25, 0.3) is 5.91 Å². The average Bonchev–Trinajstić information content (AvgIpc) is 2.86. The highest BCUT2D eigenvalue weighted by atomic mass is 35.5. The summed E-state index contributed by atoms with van der Waals surface area (Å²) in [6, 6.07) is 10.5. The molecule has 3 nitrogen and oxygen atoms in total. The zero-order valence-electron chi connectivity index (χ0n) is 10.6. The first kappa shape index (κ1) is 13.9. The van der Waals surface area contributed by atoms with Crippen LogP contribution in [0.15, 0.2) is 42.5 Å². The fourth-order valence-electron chi connectivity index (χ4n) is 1.90. The number of anilines is 1. The number of aromatic hydroxyl groups is 1. The highest BCUT2D eigenvalue weighted by Gasteiger charge is 2.12. The van der Waals surface area contributed by atoms with Gasteiger partial charge in [-0.15, -0.1) is 11.3 Å². The summed E-state index contributed by atoms with van der Waals surface area (Å²) < 4.78 is 13.8. The van der Waals surface area contributed by atoms with Gasteiger partial charge in [-0.1, -0.05) is 17.7 Å². The SMILES string of the molecule is O=C(Nc1ccc(Cl)c(O)c1)c1cc2ccc(F)cc2s1. The first-order valence-corrected chi connectivity index (χ1v) is 7.21. The van der Waals surface area contributed by atoms with Crippen LogP contribution in [0.25, 0.3) is 10.1 Å². The second kappa shape index (κ2) is 5.35. The van der Waals surface area contributed by atoms with Crippen molar-refractivity contribution < 1.29 is 14.3 Å². The minimum absolute atomic E-state index is 0.104. The molecule has 2 aromatic carbocycles. The molecule has 0 aliphatic heterocycles. The molecule has 0 atom stereocenters. The summed E-state index contributed by atoms with van der Waals surface area (Å²) in [5.74, 6) is -0.759. The number of hydrogen-bond donors (Lipinski definition) is 2. The highest BCUT2D eigenvalue weighted by molar-refractivity contribution is 7.20. The Hall–Kier alpha value is -2.11. The van der Waals surface area contributed by atoms with Crippen molar-refractivity contribution in [2.24, 2.45) is 0 Å². The van der Waals surface area contributed by atoms with Crippen molar-refractivity contribution in [3.05, 3.63) is 58.2 Å². The molecule has 0 saturated heterocycles. The van der Waals surface area contributed by atoms with Crippen molar-refractivity contribution in [3.8, 4) is 5.75 Å². The van der Waals surface area contributed by atoms with Crippen LogP contribution in [0.4, 0.5) is 10.1 Å². The molecule has 1 aromatic heterocycles. The molecule has 0 spiro atoms. The maximum absolute atomic E-state index is 13.1. The van der Waals surface area contributed by atoms with E-state index in [0.29, 0.717) is 15.3 Å². The number of hydrogen-bond acceptors (Lipinski definition) is 3. The van der Waals surface area contributed by atoms with Gasteiger partial charge in [0.05, 0.1) is 9.90 Å². The third-order valence-corrected chi connectivity index (χ3v) is 4.33. The summed E-state index contributed by atoms with van der Waals surface area (Å²) >= 11 is 6.91. The summed E-state index contributed by atoms with van der Waals surface area (Å²) in [4.78, 5) is 12.6. The number of amides is 1. The number of benzene rings is 2. The molecule has 6 heteroatoms. The van der Waals surface area contributed by atoms with Crippen molar-refractivity contribution in [3.63, 3.8) is 0 Å². The predicted octanol–water partition coefficient (Wildman–Crippen LogP) is 4.65. The largest absolute Gasteiger partial charge is 0.506 e. The van der Waals surface area contributed by atoms with E-state index in [1.165, 1.54) is 35.6 Å². The molecule has 1 heterocycles. The van der Waals surface area contributed by atoms with Crippen molar-refractivity contribution in [2.45, 2.75) is 0 Å². The molecule has 3 aromatic rings. The second-order valence-electron chi connectivity index (χ2n) is 4.41. The van der Waals surface area contributed by atoms with Gasteiger partial charge in [-0.25, -0.2) is 4.39 Å². The minimum Gasteiger partial charge on any atom is -0.506 e. The van der Waals surface area contributed by atoms with Crippen molar-refractivity contribution in [1.29, 1.82) is 0 Å². The van der Waals surface area contributed by atoms with Crippen molar-refractivity contribution in [2.75, 3.05) is 5.32 Å². The zero-order valence-corrected chi connectivity index (χ0v) is 12.1. The number of fused-ring (bicyclic) bond motifs is 1. The van der Waals surface area contributed by atoms with Crippen molar-refractivity contribution in [1.82, 2.24) is 0 Å². The van der Waals surface area contributed by atoms with Crippen LogP contribution < -0.4 is 5.32 Å². The fourth-order valence-corrected chi connectivity index (χ4v) is 3.00. The summed E-state index contributed by atoms with van der Waals surface area (Å²) in [5, 5.41) is 13.2. The molecule has 0 bridgehead atoms. The van der Waals surface area contributed by atoms with Gasteiger partial charge >= 0.3 is 0 Å². The number of phenolic OH excluding ortho intramolecular Hbond substituents is 1. The van der Waals surface area contributed by atoms with Gasteiger partial charge in [-0.2, -0.15) is 0 Å². The Balaban J connectivity index is 1.87. The number of thiophene rings is 1. The molecule has 0 aliphatic carbocycles. The Labute approximate surface area is 128 Å². The van der Waals surface area contributed by atoms with Crippen LogP contribution in [0.2, 0.25) is 5.02 Å². The van der Waals surface area contributed by atoms with Crippen LogP contribution in [0, 0.1) is 5.82 Å². The Kier molecular flexibility index (Phi) is 3.53. The first-order chi connectivity index (χ1) is 10.0. The Bertz CT molecular complexity index is 847. The van der Waals surface area contributed by atoms with Crippen molar-refractivity contribution >= 4 is 44.6 Å². The number of carbonyl (C=O) groups excluding carboxylic acids is 1. The fraction of sp³-hybridized carbons (Fsp3) is 0. The molecule has 0 fully saturated rings. The number of phenols is 1. The van der Waals surface area contributed by atoms with E-state index in [1.54, 1.807) is 18.2 Å². The lowest BCUT2D eigenvalue weighted by Crippen LogP contribution is -2.09. The summed E-state index contributed by atoms with van der Waals surface area (Å²) in [5.41, 5.74) is 0.436. The van der Waals surface area contributed by atoms with E-state index in [-0.39, 0.29) is 22.5 Å². The highest BCUT2D eigenvalue weighted by Crippen LogP contribution is 2.29. The van der Waals surface area contributed by atoms with E-state index in [9.17, 15) is 14.3 Å². The lowest BCUT2D eigenvalue weighted by molar-refractivity contribution is 0.103. The predicted molar refractivity (Wildman–Crippen MR) is 82.9 cm³/mol. The van der Waals surface area contributed by atoms with Gasteiger partial charge in [-0.05, 0) is 35.7 Å². The molecule has 106 valence electrons. The van der Waals surface area contributed by atoms with E-state index in [2.05, 4.69) is 5.32 Å². The summed E-state index contributed by atoms with van der Waals surface area (Å²) in [6.45, 7) is 0. The molecular weight excluding hydrogens is 313 g/mol. The van der Waals surface area contributed by atoms with E-state index in [0.717, 1.165) is 5.39 Å². The third-order valence-electron chi connectivity index (χ3n) is 2.91. The smallest absolute Gasteiger partial charge is 0.265 e. The normalized spacial score (nSPS) is 10.8. The molecule has 3 rings (SSSR count). The number of carbonyl (C=O) groups is 1. The molecule has 2 N–H and O–H groups in total. The first-order valence-electron chi connectivity index (χ1n) is 6.02. The molecule has 21 heavy (non-hydrogen) atoms. The van der Waals surface area contributed by atoms with E-state index >= 15 is 0 Å². The van der Waals surface area contributed by atoms with Crippen LogP contribution in [0.3, 0.4) is 0 Å².